The van der Waals surface area contributed by atoms with Crippen LogP contribution in [0, 0.1) is 0 Å². The lowest BCUT2D eigenvalue weighted by Gasteiger charge is -2.24. The first-order valence-electron chi connectivity index (χ1n) is 21.2. The molecule has 1 unspecified atom stereocenters. The molecule has 9 nitrogen and oxygen atoms in total. The van der Waals surface area contributed by atoms with E-state index in [9.17, 15) is 19.0 Å². The second-order valence-electron chi connectivity index (χ2n) is 15.0. The van der Waals surface area contributed by atoms with Gasteiger partial charge in [-0.25, -0.2) is 4.57 Å². The third-order valence-electron chi connectivity index (χ3n) is 8.47. The number of carbonyl (C=O) groups excluding carboxylic acids is 2. The van der Waals surface area contributed by atoms with Crippen LogP contribution in [-0.4, -0.2) is 74.9 Å². The Hall–Kier alpha value is -2.55. The average Bonchev–Trinajstić information content (AvgIpc) is 3.13. The summed E-state index contributed by atoms with van der Waals surface area (Å²) in [6.07, 6.45) is 45.2. The van der Waals surface area contributed by atoms with Gasteiger partial charge in [-0.3, -0.25) is 18.6 Å². The molecule has 0 aliphatic carbocycles. The topological polar surface area (TPSA) is 108 Å². The summed E-state index contributed by atoms with van der Waals surface area (Å²) in [5, 5.41) is 0. The number of rotatable bonds is 37. The number of esters is 2. The summed E-state index contributed by atoms with van der Waals surface area (Å²) in [4.78, 5) is 35.3. The van der Waals surface area contributed by atoms with Crippen LogP contribution in [0.25, 0.3) is 0 Å². The highest BCUT2D eigenvalue weighted by Crippen LogP contribution is 2.43. The smallest absolute Gasteiger partial charge is 0.462 e. The maximum Gasteiger partial charge on any atom is 0.472 e. The van der Waals surface area contributed by atoms with Crippen LogP contribution in [-0.2, 0) is 32.7 Å². The van der Waals surface area contributed by atoms with Crippen LogP contribution in [0.5, 0.6) is 0 Å². The van der Waals surface area contributed by atoms with Gasteiger partial charge in [0.15, 0.2) is 6.10 Å². The van der Waals surface area contributed by atoms with Gasteiger partial charge in [0.25, 0.3) is 0 Å². The van der Waals surface area contributed by atoms with E-state index in [0.29, 0.717) is 17.4 Å². The second-order valence-corrected chi connectivity index (χ2v) is 16.4. The minimum atomic E-state index is -4.39. The molecule has 2 atom stereocenters. The summed E-state index contributed by atoms with van der Waals surface area (Å²) >= 11 is 0. The minimum absolute atomic E-state index is 0.0199. The van der Waals surface area contributed by atoms with Crippen LogP contribution >= 0.6 is 7.82 Å². The summed E-state index contributed by atoms with van der Waals surface area (Å²) in [5.74, 6) is -0.855. The number of ether oxygens (including phenoxy) is 2. The molecule has 0 spiro atoms. The van der Waals surface area contributed by atoms with E-state index in [2.05, 4.69) is 86.8 Å². The van der Waals surface area contributed by atoms with Crippen molar-refractivity contribution in [3.63, 3.8) is 0 Å². The average molecular weight is 793 g/mol. The van der Waals surface area contributed by atoms with Crippen molar-refractivity contribution >= 4 is 19.8 Å². The Morgan fingerprint density at radius 3 is 1.58 bits per heavy atom. The summed E-state index contributed by atoms with van der Waals surface area (Å²) in [5.41, 5.74) is 0. The Balaban J connectivity index is 4.47. The van der Waals surface area contributed by atoms with Crippen LogP contribution < -0.4 is 0 Å². The third kappa shape index (κ3) is 40.9. The van der Waals surface area contributed by atoms with E-state index in [1.165, 1.54) is 25.7 Å². The standard InChI is InChI=1S/C45H78NO8P/c1-6-8-10-12-14-16-18-20-21-22-23-24-25-26-28-30-32-34-36-38-45(48)54-43(42-53-55(49,50)52-40-39-46(3,4)5)41-51-44(47)37-35-33-31-29-27-19-17-15-13-11-9-7-2/h8,10,14-17,20-21,23-24,26,28,43H,6-7,9,11-13,18-19,22,25,27,29-42H2,1-5H3/p+1/b10-8+,16-14+,17-15+,21-20+,24-23+,28-26+/t43-/m1/s1. The molecule has 0 saturated heterocycles. The normalized spacial score (nSPS) is 14.4. The highest BCUT2D eigenvalue weighted by atomic mass is 31.2. The molecule has 0 aromatic heterocycles. The van der Waals surface area contributed by atoms with E-state index in [1.54, 1.807) is 0 Å². The van der Waals surface area contributed by atoms with E-state index in [1.807, 2.05) is 21.1 Å². The van der Waals surface area contributed by atoms with Crippen LogP contribution in [0.15, 0.2) is 72.9 Å². The maximum atomic E-state index is 12.7. The van der Waals surface area contributed by atoms with Gasteiger partial charge in [-0.2, -0.15) is 0 Å². The van der Waals surface area contributed by atoms with E-state index in [0.717, 1.165) is 89.9 Å². The van der Waals surface area contributed by atoms with Gasteiger partial charge in [0, 0.05) is 12.8 Å². The predicted molar refractivity (Wildman–Crippen MR) is 229 cm³/mol. The van der Waals surface area contributed by atoms with Gasteiger partial charge < -0.3 is 18.9 Å². The monoisotopic (exact) mass is 793 g/mol. The summed E-state index contributed by atoms with van der Waals surface area (Å²) in [6, 6.07) is 0. The number of likely N-dealkylation sites (N-methyl/N-ethyl adjacent to an activating group) is 1. The molecule has 10 heteroatoms. The Bertz CT molecular complexity index is 1170. The fraction of sp³-hybridized carbons (Fsp3) is 0.689. The van der Waals surface area contributed by atoms with Crippen molar-refractivity contribution in [1.82, 2.24) is 0 Å². The number of nitrogens with zero attached hydrogens (tertiary/aromatic N) is 1. The number of hydrogen-bond acceptors (Lipinski definition) is 7. The van der Waals surface area contributed by atoms with Crippen molar-refractivity contribution in [3.8, 4) is 0 Å². The number of allylic oxidation sites excluding steroid dienone is 12. The van der Waals surface area contributed by atoms with Crippen LogP contribution in [0.3, 0.4) is 0 Å². The molecule has 0 rings (SSSR count). The van der Waals surface area contributed by atoms with Crippen LogP contribution in [0.4, 0.5) is 0 Å². The van der Waals surface area contributed by atoms with Crippen molar-refractivity contribution in [1.29, 1.82) is 0 Å². The Labute approximate surface area is 336 Å². The van der Waals surface area contributed by atoms with E-state index < -0.39 is 32.5 Å². The van der Waals surface area contributed by atoms with Crippen molar-refractivity contribution in [2.24, 2.45) is 0 Å². The van der Waals surface area contributed by atoms with Crippen molar-refractivity contribution < 1.29 is 42.1 Å². The molecule has 0 amide bonds. The lowest BCUT2D eigenvalue weighted by molar-refractivity contribution is -0.870. The number of quaternary nitrogens is 1. The molecule has 0 heterocycles. The zero-order valence-electron chi connectivity index (χ0n) is 35.4. The largest absolute Gasteiger partial charge is 0.472 e. The molecule has 0 aliphatic rings. The molecule has 55 heavy (non-hydrogen) atoms. The third-order valence-corrected chi connectivity index (χ3v) is 9.45. The van der Waals surface area contributed by atoms with Gasteiger partial charge in [0.1, 0.15) is 19.8 Å². The van der Waals surface area contributed by atoms with Crippen LogP contribution in [0.1, 0.15) is 149 Å². The van der Waals surface area contributed by atoms with E-state index in [-0.39, 0.29) is 26.1 Å². The first-order valence-corrected chi connectivity index (χ1v) is 22.7. The molecule has 0 aromatic carbocycles. The number of phosphoric ester groups is 1. The van der Waals surface area contributed by atoms with Crippen molar-refractivity contribution in [3.05, 3.63) is 72.9 Å². The second kappa shape index (κ2) is 37.1. The SMILES string of the molecule is CC/C=C/C/C=C/C/C=C/C/C=C/C/C=C/CCCCCC(=O)O[C@H](COC(=O)CCCCCCC/C=C/CCCCC)COP(=O)(O)OCC[N+](C)(C)C. The van der Waals surface area contributed by atoms with Crippen molar-refractivity contribution in [2.75, 3.05) is 47.5 Å². The molecule has 0 aliphatic heterocycles. The summed E-state index contributed by atoms with van der Waals surface area (Å²) < 4.78 is 34.2. The Kier molecular flexibility index (Phi) is 35.3. The van der Waals surface area contributed by atoms with Gasteiger partial charge in [0.05, 0.1) is 27.7 Å². The van der Waals surface area contributed by atoms with Gasteiger partial charge in [-0.05, 0) is 83.5 Å². The number of carbonyl (C=O) groups is 2. The fourth-order valence-electron chi connectivity index (χ4n) is 5.15. The first-order chi connectivity index (χ1) is 26.5. The predicted octanol–water partition coefficient (Wildman–Crippen LogP) is 11.9. The molecule has 0 aromatic rings. The quantitative estimate of drug-likeness (QED) is 0.0218. The summed E-state index contributed by atoms with van der Waals surface area (Å²) in [7, 11) is 1.43. The molecule has 0 fully saturated rings. The zero-order valence-corrected chi connectivity index (χ0v) is 36.3. The molecule has 316 valence electrons. The Morgan fingerprint density at radius 2 is 1.04 bits per heavy atom. The molecule has 1 N–H and O–H groups in total. The van der Waals surface area contributed by atoms with E-state index >= 15 is 0 Å². The van der Waals surface area contributed by atoms with Crippen molar-refractivity contribution in [2.45, 2.75) is 155 Å². The molecule has 0 radical (unpaired) electrons. The highest BCUT2D eigenvalue weighted by Gasteiger charge is 2.27. The first kappa shape index (κ1) is 52.5. The number of phosphoric acid groups is 1. The maximum absolute atomic E-state index is 12.7. The van der Waals surface area contributed by atoms with Gasteiger partial charge in [0.2, 0.25) is 0 Å². The van der Waals surface area contributed by atoms with Gasteiger partial charge >= 0.3 is 19.8 Å². The Morgan fingerprint density at radius 1 is 0.582 bits per heavy atom. The van der Waals surface area contributed by atoms with Gasteiger partial charge in [-0.15, -0.1) is 0 Å². The lowest BCUT2D eigenvalue weighted by Crippen LogP contribution is -2.37. The molecular formula is C45H79NO8P+. The van der Waals surface area contributed by atoms with Crippen LogP contribution in [0.2, 0.25) is 0 Å². The summed E-state index contributed by atoms with van der Waals surface area (Å²) in [6.45, 7) is 4.21. The van der Waals surface area contributed by atoms with Gasteiger partial charge in [-0.1, -0.05) is 125 Å². The minimum Gasteiger partial charge on any atom is -0.462 e. The highest BCUT2D eigenvalue weighted by molar-refractivity contribution is 7.47. The molecular weight excluding hydrogens is 713 g/mol. The molecule has 0 saturated carbocycles. The number of unbranched alkanes of at least 4 members (excludes halogenated alkanes) is 11. The number of hydrogen-bond donors (Lipinski definition) is 1. The van der Waals surface area contributed by atoms with E-state index in [4.69, 9.17) is 18.5 Å². The fourth-order valence-corrected chi connectivity index (χ4v) is 5.89. The molecule has 0 bridgehead atoms. The lowest BCUT2D eigenvalue weighted by atomic mass is 10.1. The zero-order chi connectivity index (χ0) is 40.7.